The smallest absolute Gasteiger partial charge is 0.127 e. The molecular formula is C15H13Br2NO. The molecule has 0 saturated heterocycles. The van der Waals surface area contributed by atoms with Gasteiger partial charge in [0.1, 0.15) is 5.75 Å². The first-order valence-corrected chi connectivity index (χ1v) is 7.70. The summed E-state index contributed by atoms with van der Waals surface area (Å²) in [6.45, 7) is 0.751. The van der Waals surface area contributed by atoms with Crippen LogP contribution in [0.4, 0.5) is 0 Å². The van der Waals surface area contributed by atoms with Crippen molar-refractivity contribution in [2.75, 3.05) is 6.61 Å². The van der Waals surface area contributed by atoms with Gasteiger partial charge in [-0.3, -0.25) is 0 Å². The van der Waals surface area contributed by atoms with Crippen molar-refractivity contribution in [3.63, 3.8) is 0 Å². The maximum absolute atomic E-state index is 6.41. The Balaban J connectivity index is 2.05. The van der Waals surface area contributed by atoms with E-state index in [1.54, 1.807) is 0 Å². The van der Waals surface area contributed by atoms with E-state index in [0.29, 0.717) is 0 Å². The fourth-order valence-corrected chi connectivity index (χ4v) is 3.70. The molecular weight excluding hydrogens is 370 g/mol. The number of rotatable bonds is 2. The monoisotopic (exact) mass is 381 g/mol. The van der Waals surface area contributed by atoms with E-state index in [-0.39, 0.29) is 6.04 Å². The molecule has 0 aromatic heterocycles. The lowest BCUT2D eigenvalue weighted by Crippen LogP contribution is -2.13. The van der Waals surface area contributed by atoms with E-state index in [9.17, 15) is 0 Å². The Hall–Kier alpha value is -0.840. The van der Waals surface area contributed by atoms with Crippen LogP contribution in [0.2, 0.25) is 0 Å². The number of nitrogens with two attached hydrogens (primary N) is 1. The molecule has 0 spiro atoms. The van der Waals surface area contributed by atoms with Gasteiger partial charge in [0.15, 0.2) is 0 Å². The molecule has 1 heterocycles. The highest BCUT2D eigenvalue weighted by molar-refractivity contribution is 9.11. The largest absolute Gasteiger partial charge is 0.493 e. The summed E-state index contributed by atoms with van der Waals surface area (Å²) < 4.78 is 7.77. The SMILES string of the molecule is NC(c1ccc(Br)cc1Br)c1cccc2c1OCC2. The number of benzene rings is 2. The first-order chi connectivity index (χ1) is 9.16. The summed E-state index contributed by atoms with van der Waals surface area (Å²) in [5.74, 6) is 0.963. The Labute approximate surface area is 129 Å². The van der Waals surface area contributed by atoms with Crippen LogP contribution >= 0.6 is 31.9 Å². The van der Waals surface area contributed by atoms with Gasteiger partial charge in [0.05, 0.1) is 12.6 Å². The Bertz CT molecular complexity index is 628. The van der Waals surface area contributed by atoms with Gasteiger partial charge in [-0.1, -0.05) is 56.1 Å². The maximum Gasteiger partial charge on any atom is 0.127 e. The van der Waals surface area contributed by atoms with Gasteiger partial charge in [-0.2, -0.15) is 0 Å². The summed E-state index contributed by atoms with van der Waals surface area (Å²) in [6.07, 6.45) is 0.970. The summed E-state index contributed by atoms with van der Waals surface area (Å²) in [4.78, 5) is 0. The van der Waals surface area contributed by atoms with Gasteiger partial charge < -0.3 is 10.5 Å². The lowest BCUT2D eigenvalue weighted by molar-refractivity contribution is 0.352. The van der Waals surface area contributed by atoms with Gasteiger partial charge in [0.2, 0.25) is 0 Å². The molecule has 1 atom stereocenters. The zero-order valence-electron chi connectivity index (χ0n) is 10.2. The summed E-state index contributed by atoms with van der Waals surface area (Å²) in [5.41, 5.74) is 9.78. The zero-order valence-corrected chi connectivity index (χ0v) is 13.4. The minimum absolute atomic E-state index is 0.185. The topological polar surface area (TPSA) is 35.2 Å². The molecule has 98 valence electrons. The van der Waals surface area contributed by atoms with E-state index in [0.717, 1.165) is 38.8 Å². The molecule has 0 bridgehead atoms. The predicted octanol–water partition coefficient (Wildman–Crippen LogP) is 4.19. The van der Waals surface area contributed by atoms with E-state index in [4.69, 9.17) is 10.5 Å². The van der Waals surface area contributed by atoms with Crippen LogP contribution in [0.25, 0.3) is 0 Å². The molecule has 3 rings (SSSR count). The van der Waals surface area contributed by atoms with Crippen LogP contribution in [0.3, 0.4) is 0 Å². The van der Waals surface area contributed by atoms with Crippen molar-refractivity contribution >= 4 is 31.9 Å². The quantitative estimate of drug-likeness (QED) is 0.844. The van der Waals surface area contributed by atoms with E-state index in [1.165, 1.54) is 5.56 Å². The number of hydrogen-bond donors (Lipinski definition) is 1. The molecule has 1 unspecified atom stereocenters. The summed E-state index contributed by atoms with van der Waals surface area (Å²) >= 11 is 7.03. The highest BCUT2D eigenvalue weighted by Gasteiger charge is 2.22. The minimum Gasteiger partial charge on any atom is -0.493 e. The van der Waals surface area contributed by atoms with Crippen LogP contribution in [-0.4, -0.2) is 6.61 Å². The van der Waals surface area contributed by atoms with Gasteiger partial charge >= 0.3 is 0 Å². The van der Waals surface area contributed by atoms with E-state index < -0.39 is 0 Å². The third-order valence-corrected chi connectivity index (χ3v) is 4.56. The fraction of sp³-hybridized carbons (Fsp3) is 0.200. The van der Waals surface area contributed by atoms with Crippen LogP contribution in [0.5, 0.6) is 5.75 Å². The number of hydrogen-bond acceptors (Lipinski definition) is 2. The molecule has 2 N–H and O–H groups in total. The molecule has 2 aromatic carbocycles. The van der Waals surface area contributed by atoms with Crippen molar-refractivity contribution in [3.8, 4) is 5.75 Å². The second kappa shape index (κ2) is 5.27. The molecule has 0 saturated carbocycles. The van der Waals surface area contributed by atoms with Gasteiger partial charge in [-0.05, 0) is 23.3 Å². The minimum atomic E-state index is -0.185. The average molecular weight is 383 g/mol. The van der Waals surface area contributed by atoms with Crippen LogP contribution in [0.1, 0.15) is 22.7 Å². The summed E-state index contributed by atoms with van der Waals surface area (Å²) in [6, 6.07) is 12.1. The number of halogens is 2. The van der Waals surface area contributed by atoms with Crippen LogP contribution in [0.15, 0.2) is 45.3 Å². The molecule has 0 aliphatic carbocycles. The Morgan fingerprint density at radius 3 is 2.74 bits per heavy atom. The van der Waals surface area contributed by atoms with E-state index in [2.05, 4.69) is 44.0 Å². The Morgan fingerprint density at radius 1 is 1.11 bits per heavy atom. The highest BCUT2D eigenvalue weighted by Crippen LogP contribution is 2.37. The van der Waals surface area contributed by atoms with Gasteiger partial charge in [0, 0.05) is 20.9 Å². The van der Waals surface area contributed by atoms with Gasteiger partial charge in [-0.25, -0.2) is 0 Å². The fourth-order valence-electron chi connectivity index (χ4n) is 2.41. The molecule has 0 amide bonds. The van der Waals surface area contributed by atoms with Crippen molar-refractivity contribution in [1.29, 1.82) is 0 Å². The lowest BCUT2D eigenvalue weighted by Gasteiger charge is -2.17. The van der Waals surface area contributed by atoms with Gasteiger partial charge in [-0.15, -0.1) is 0 Å². The third kappa shape index (κ3) is 2.45. The Kier molecular flexibility index (Phi) is 3.65. The van der Waals surface area contributed by atoms with Gasteiger partial charge in [0.25, 0.3) is 0 Å². The van der Waals surface area contributed by atoms with E-state index in [1.807, 2.05) is 24.3 Å². The van der Waals surface area contributed by atoms with Crippen molar-refractivity contribution in [2.24, 2.45) is 5.73 Å². The summed E-state index contributed by atoms with van der Waals surface area (Å²) in [5, 5.41) is 0. The lowest BCUT2D eigenvalue weighted by atomic mass is 9.97. The van der Waals surface area contributed by atoms with Crippen molar-refractivity contribution in [2.45, 2.75) is 12.5 Å². The number of ether oxygens (including phenoxy) is 1. The standard InChI is InChI=1S/C15H13Br2NO/c16-10-4-5-11(13(17)8-10)14(18)12-3-1-2-9-6-7-19-15(9)12/h1-5,8,14H,6-7,18H2. The first kappa shape index (κ1) is 13.2. The molecule has 19 heavy (non-hydrogen) atoms. The first-order valence-electron chi connectivity index (χ1n) is 6.12. The van der Waals surface area contributed by atoms with Crippen molar-refractivity contribution < 1.29 is 4.74 Å². The molecule has 0 fully saturated rings. The van der Waals surface area contributed by atoms with Crippen molar-refractivity contribution in [3.05, 3.63) is 62.0 Å². The number of fused-ring (bicyclic) bond motifs is 1. The molecule has 1 aliphatic heterocycles. The third-order valence-electron chi connectivity index (χ3n) is 3.38. The second-order valence-electron chi connectivity index (χ2n) is 4.58. The maximum atomic E-state index is 6.41. The predicted molar refractivity (Wildman–Crippen MR) is 83.5 cm³/mol. The Morgan fingerprint density at radius 2 is 1.95 bits per heavy atom. The second-order valence-corrected chi connectivity index (χ2v) is 6.35. The van der Waals surface area contributed by atoms with Crippen LogP contribution < -0.4 is 10.5 Å². The molecule has 2 aromatic rings. The van der Waals surface area contributed by atoms with Crippen molar-refractivity contribution in [1.82, 2.24) is 0 Å². The number of para-hydroxylation sites is 1. The molecule has 1 aliphatic rings. The van der Waals surface area contributed by atoms with Crippen LogP contribution in [-0.2, 0) is 6.42 Å². The molecule has 0 radical (unpaired) electrons. The van der Waals surface area contributed by atoms with E-state index >= 15 is 0 Å². The highest BCUT2D eigenvalue weighted by atomic mass is 79.9. The summed E-state index contributed by atoms with van der Waals surface area (Å²) in [7, 11) is 0. The van der Waals surface area contributed by atoms with Crippen LogP contribution in [0, 0.1) is 0 Å². The zero-order chi connectivity index (χ0) is 13.4. The average Bonchev–Trinajstić information content (AvgIpc) is 2.86. The molecule has 4 heteroatoms. The normalized spacial score (nSPS) is 14.9. The molecule has 2 nitrogen and oxygen atoms in total.